The third-order valence-electron chi connectivity index (χ3n) is 9.19. The number of hydrogen-bond donors (Lipinski definition) is 0. The number of rotatable bonds is 14. The first-order valence-electron chi connectivity index (χ1n) is 16.3. The van der Waals surface area contributed by atoms with E-state index in [1.54, 1.807) is 12.1 Å². The summed E-state index contributed by atoms with van der Waals surface area (Å²) in [5, 5.41) is 0.594. The van der Waals surface area contributed by atoms with Crippen molar-refractivity contribution in [2.24, 2.45) is 17.3 Å². The number of hydrogen-bond acceptors (Lipinski definition) is 10. The Morgan fingerprint density at radius 1 is 1.07 bits per heavy atom. The largest absolute Gasteiger partial charge is 0.493 e. The molecule has 1 aromatic rings. The topological polar surface area (TPSA) is 116 Å². The summed E-state index contributed by atoms with van der Waals surface area (Å²) in [6.45, 7) is 1.67. The van der Waals surface area contributed by atoms with Gasteiger partial charge in [-0.15, -0.1) is 0 Å². The number of carbonyl (C=O) groups excluding carboxylic acids is 3. The fourth-order valence-corrected chi connectivity index (χ4v) is 7.23. The van der Waals surface area contributed by atoms with Gasteiger partial charge in [-0.3, -0.25) is 14.4 Å². The summed E-state index contributed by atoms with van der Waals surface area (Å²) in [6, 6.07) is 7.24. The van der Waals surface area contributed by atoms with Gasteiger partial charge in [0.1, 0.15) is 17.3 Å². The van der Waals surface area contributed by atoms with Gasteiger partial charge in [-0.25, -0.2) is 0 Å². The van der Waals surface area contributed by atoms with E-state index in [0.717, 1.165) is 38.5 Å². The van der Waals surface area contributed by atoms with Crippen molar-refractivity contribution in [3.63, 3.8) is 0 Å². The number of halogens is 1. The molecule has 0 amide bonds. The smallest absolute Gasteiger partial charge is 0.312 e. The molecule has 6 atom stereocenters. The van der Waals surface area contributed by atoms with E-state index in [1.165, 1.54) is 7.11 Å². The number of benzene rings is 1. The van der Waals surface area contributed by atoms with E-state index < -0.39 is 30.1 Å². The van der Waals surface area contributed by atoms with Gasteiger partial charge in [-0.1, -0.05) is 17.7 Å². The number of fused-ring (bicyclic) bond motifs is 1. The van der Waals surface area contributed by atoms with Crippen LogP contribution in [0.4, 0.5) is 0 Å². The van der Waals surface area contributed by atoms with Crippen LogP contribution in [0.5, 0.6) is 5.75 Å². The zero-order valence-corrected chi connectivity index (χ0v) is 26.8. The van der Waals surface area contributed by atoms with E-state index in [9.17, 15) is 14.4 Å². The second-order valence-corrected chi connectivity index (χ2v) is 12.7. The number of ether oxygens (including phenoxy) is 7. The first-order valence-corrected chi connectivity index (χ1v) is 16.7. The summed E-state index contributed by atoms with van der Waals surface area (Å²) in [4.78, 5) is 38.5. The van der Waals surface area contributed by atoms with Gasteiger partial charge in [-0.2, -0.15) is 0 Å². The van der Waals surface area contributed by atoms with E-state index in [2.05, 4.69) is 0 Å². The highest BCUT2D eigenvalue weighted by Crippen LogP contribution is 2.59. The summed E-state index contributed by atoms with van der Waals surface area (Å²) in [5.74, 6) is -0.228. The van der Waals surface area contributed by atoms with Crippen molar-refractivity contribution in [1.82, 2.24) is 0 Å². The Hall–Kier alpha value is -2.66. The van der Waals surface area contributed by atoms with Crippen molar-refractivity contribution in [2.75, 3.05) is 33.5 Å². The maximum atomic E-state index is 13.9. The Morgan fingerprint density at radius 3 is 2.56 bits per heavy atom. The molecule has 11 heteroatoms. The molecule has 2 saturated carbocycles. The summed E-state index contributed by atoms with van der Waals surface area (Å²) in [5.41, 5.74) is -1.06. The second kappa shape index (κ2) is 16.3. The van der Waals surface area contributed by atoms with Gasteiger partial charge >= 0.3 is 11.9 Å². The van der Waals surface area contributed by atoms with E-state index in [-0.39, 0.29) is 49.5 Å². The molecule has 45 heavy (non-hydrogen) atoms. The molecule has 2 aliphatic carbocycles. The van der Waals surface area contributed by atoms with Crippen LogP contribution in [0.2, 0.25) is 5.02 Å². The van der Waals surface area contributed by atoms with Crippen LogP contribution in [0.1, 0.15) is 77.0 Å². The molecule has 0 bridgehead atoms. The van der Waals surface area contributed by atoms with Crippen LogP contribution in [-0.2, 0) is 42.8 Å². The number of ketones is 1. The van der Waals surface area contributed by atoms with Crippen molar-refractivity contribution in [3.05, 3.63) is 41.1 Å². The zero-order chi connectivity index (χ0) is 31.6. The van der Waals surface area contributed by atoms with Crippen LogP contribution in [0.25, 0.3) is 0 Å². The average molecular weight is 649 g/mol. The summed E-state index contributed by atoms with van der Waals surface area (Å²) < 4.78 is 41.6. The Balaban J connectivity index is 1.39. The van der Waals surface area contributed by atoms with Gasteiger partial charge < -0.3 is 33.2 Å². The van der Waals surface area contributed by atoms with E-state index in [0.29, 0.717) is 55.6 Å². The van der Waals surface area contributed by atoms with Crippen LogP contribution in [0, 0.1) is 17.3 Å². The maximum Gasteiger partial charge on any atom is 0.312 e. The van der Waals surface area contributed by atoms with Crippen LogP contribution >= 0.6 is 11.6 Å². The van der Waals surface area contributed by atoms with Crippen molar-refractivity contribution >= 4 is 29.3 Å². The highest BCUT2D eigenvalue weighted by Gasteiger charge is 2.65. The highest BCUT2D eigenvalue weighted by atomic mass is 35.5. The summed E-state index contributed by atoms with van der Waals surface area (Å²) in [6.07, 6.45) is 7.80. The highest BCUT2D eigenvalue weighted by molar-refractivity contribution is 6.30. The molecule has 4 fully saturated rings. The van der Waals surface area contributed by atoms with Crippen LogP contribution in [-0.4, -0.2) is 69.9 Å². The van der Waals surface area contributed by atoms with Gasteiger partial charge in [0.25, 0.3) is 0 Å². The molecule has 1 aromatic carbocycles. The molecule has 248 valence electrons. The summed E-state index contributed by atoms with van der Waals surface area (Å²) in [7, 11) is 1.33. The van der Waals surface area contributed by atoms with Gasteiger partial charge in [0.15, 0.2) is 12.6 Å². The lowest BCUT2D eigenvalue weighted by atomic mass is 9.77. The normalized spacial score (nSPS) is 30.0. The standard InChI is InChI=1S/C34H45ClO10/c1-39-29(37)12-8-18-43-33(38)34-21-24(36)20-26(34)32(28(22-34)45-31-14-3-5-16-42-31)27(44-30-13-2-4-15-41-30)11-7-17-40-25-10-6-9-23(35)19-25/h6,9-11,19,26,28,30-32H,2-5,7-8,12-18,20-22H2,1H3/b27-11+/t26-,28?,30?,31?,32?,34-/m0/s1. The Morgan fingerprint density at radius 2 is 1.84 bits per heavy atom. The minimum Gasteiger partial charge on any atom is -0.493 e. The average Bonchev–Trinajstić information content (AvgIpc) is 3.52. The predicted octanol–water partition coefficient (Wildman–Crippen LogP) is 5.93. The molecule has 0 spiro atoms. The van der Waals surface area contributed by atoms with Gasteiger partial charge in [0.2, 0.25) is 0 Å². The SMILES string of the molecule is COC(=O)CCCOC(=O)[C@]12CC(=O)C[C@H]1C(/C(=C\CCOc1cccc(Cl)c1)OC1CCCCO1)C(OC1CCCCO1)C2. The molecule has 0 aromatic heterocycles. The molecule has 2 saturated heterocycles. The number of methoxy groups -OCH3 is 1. The molecule has 4 aliphatic rings. The maximum absolute atomic E-state index is 13.9. The first-order chi connectivity index (χ1) is 21.9. The lowest BCUT2D eigenvalue weighted by Crippen LogP contribution is -2.35. The lowest BCUT2D eigenvalue weighted by Gasteiger charge is -2.34. The molecule has 2 heterocycles. The molecule has 4 unspecified atom stereocenters. The Labute approximate surface area is 270 Å². The summed E-state index contributed by atoms with van der Waals surface area (Å²) >= 11 is 6.13. The minimum atomic E-state index is -1.06. The van der Waals surface area contributed by atoms with Gasteiger partial charge in [0.05, 0.1) is 38.4 Å². The van der Waals surface area contributed by atoms with Crippen molar-refractivity contribution < 1.29 is 47.5 Å². The lowest BCUT2D eigenvalue weighted by molar-refractivity contribution is -0.201. The number of esters is 2. The van der Waals surface area contributed by atoms with Crippen molar-refractivity contribution in [2.45, 2.75) is 95.7 Å². The van der Waals surface area contributed by atoms with Crippen LogP contribution in [0.3, 0.4) is 0 Å². The second-order valence-electron chi connectivity index (χ2n) is 12.3. The molecule has 5 rings (SSSR count). The first kappa shape index (κ1) is 33.7. The fourth-order valence-electron chi connectivity index (χ4n) is 7.05. The Bertz CT molecular complexity index is 1190. The molecule has 10 nitrogen and oxygen atoms in total. The van der Waals surface area contributed by atoms with Gasteiger partial charge in [0, 0.05) is 49.7 Å². The number of Topliss-reactive ketones (excluding diaryl/α,β-unsaturated/α-hetero) is 1. The third kappa shape index (κ3) is 8.78. The molecular formula is C34H45ClO10. The molecular weight excluding hydrogens is 604 g/mol. The quantitative estimate of drug-likeness (QED) is 0.137. The van der Waals surface area contributed by atoms with Gasteiger partial charge in [-0.05, 0) is 75.1 Å². The molecule has 0 radical (unpaired) electrons. The Kier molecular flexibility index (Phi) is 12.2. The minimum absolute atomic E-state index is 0.0152. The zero-order valence-electron chi connectivity index (χ0n) is 26.0. The van der Waals surface area contributed by atoms with Crippen molar-refractivity contribution in [1.29, 1.82) is 0 Å². The predicted molar refractivity (Wildman–Crippen MR) is 163 cm³/mol. The third-order valence-corrected chi connectivity index (χ3v) is 9.42. The van der Waals surface area contributed by atoms with Crippen LogP contribution < -0.4 is 4.74 Å². The fraction of sp³-hybridized carbons (Fsp3) is 0.676. The van der Waals surface area contributed by atoms with Crippen LogP contribution in [0.15, 0.2) is 36.1 Å². The van der Waals surface area contributed by atoms with E-state index >= 15 is 0 Å². The van der Waals surface area contributed by atoms with E-state index in [1.807, 2.05) is 18.2 Å². The number of carbonyl (C=O) groups is 3. The van der Waals surface area contributed by atoms with Crippen molar-refractivity contribution in [3.8, 4) is 5.75 Å². The molecule has 2 aliphatic heterocycles. The van der Waals surface area contributed by atoms with E-state index in [4.69, 9.17) is 44.8 Å². The molecule has 0 N–H and O–H groups in total. The monoisotopic (exact) mass is 648 g/mol.